The van der Waals surface area contributed by atoms with Crippen LogP contribution >= 0.6 is 0 Å². The zero-order valence-electron chi connectivity index (χ0n) is 12.4. The first-order chi connectivity index (χ1) is 10.7. The van der Waals surface area contributed by atoms with Crippen molar-refractivity contribution in [1.82, 2.24) is 10.6 Å². The number of ether oxygens (including phenoxy) is 1. The molecule has 2 amide bonds. The SMILES string of the molecule is COCc1ccc(CNC(=O)NCC(O)c2ccco2)cc1. The molecule has 2 aromatic rings. The summed E-state index contributed by atoms with van der Waals surface area (Å²) >= 11 is 0. The number of urea groups is 1. The number of carbonyl (C=O) groups is 1. The Morgan fingerprint density at radius 3 is 2.59 bits per heavy atom. The maximum absolute atomic E-state index is 11.7. The third kappa shape index (κ3) is 4.91. The minimum absolute atomic E-state index is 0.0894. The number of hydrogen-bond donors (Lipinski definition) is 3. The van der Waals surface area contributed by atoms with Gasteiger partial charge in [-0.1, -0.05) is 24.3 Å². The minimum Gasteiger partial charge on any atom is -0.467 e. The third-order valence-electron chi connectivity index (χ3n) is 3.11. The van der Waals surface area contributed by atoms with E-state index in [0.29, 0.717) is 18.9 Å². The Labute approximate surface area is 129 Å². The first-order valence-corrected chi connectivity index (χ1v) is 6.99. The molecule has 3 N–H and O–H groups in total. The molecule has 0 spiro atoms. The third-order valence-corrected chi connectivity index (χ3v) is 3.11. The molecule has 0 bridgehead atoms. The molecule has 0 aliphatic heterocycles. The van der Waals surface area contributed by atoms with Gasteiger partial charge < -0.3 is 24.9 Å². The summed E-state index contributed by atoms with van der Waals surface area (Å²) in [5.74, 6) is 0.425. The molecule has 1 unspecified atom stereocenters. The summed E-state index contributed by atoms with van der Waals surface area (Å²) in [4.78, 5) is 11.7. The van der Waals surface area contributed by atoms with Crippen molar-refractivity contribution in [3.8, 4) is 0 Å². The highest BCUT2D eigenvalue weighted by Crippen LogP contribution is 2.11. The van der Waals surface area contributed by atoms with E-state index in [2.05, 4.69) is 10.6 Å². The first kappa shape index (κ1) is 16.1. The molecule has 1 aromatic heterocycles. The van der Waals surface area contributed by atoms with E-state index in [4.69, 9.17) is 9.15 Å². The Hall–Kier alpha value is -2.31. The molecule has 1 heterocycles. The van der Waals surface area contributed by atoms with Crippen LogP contribution in [-0.2, 0) is 17.9 Å². The Bertz CT molecular complexity index is 566. The molecule has 118 valence electrons. The zero-order valence-corrected chi connectivity index (χ0v) is 12.4. The maximum Gasteiger partial charge on any atom is 0.315 e. The Balaban J connectivity index is 1.71. The normalized spacial score (nSPS) is 11.9. The predicted molar refractivity (Wildman–Crippen MR) is 81.1 cm³/mol. The molecular weight excluding hydrogens is 284 g/mol. The number of methoxy groups -OCH3 is 1. The van der Waals surface area contributed by atoms with Gasteiger partial charge in [-0.25, -0.2) is 4.79 Å². The Kier molecular flexibility index (Phi) is 6.00. The molecule has 2 rings (SSSR count). The van der Waals surface area contributed by atoms with Crippen molar-refractivity contribution >= 4 is 6.03 Å². The number of benzene rings is 1. The topological polar surface area (TPSA) is 83.7 Å². The van der Waals surface area contributed by atoms with Gasteiger partial charge in [-0.3, -0.25) is 0 Å². The van der Waals surface area contributed by atoms with Gasteiger partial charge in [0.05, 0.1) is 19.4 Å². The molecule has 0 aliphatic rings. The van der Waals surface area contributed by atoms with E-state index in [1.807, 2.05) is 24.3 Å². The van der Waals surface area contributed by atoms with E-state index >= 15 is 0 Å². The molecule has 1 atom stereocenters. The highest BCUT2D eigenvalue weighted by atomic mass is 16.5. The molecule has 0 saturated carbocycles. The second kappa shape index (κ2) is 8.21. The molecule has 0 aliphatic carbocycles. The molecule has 1 aromatic carbocycles. The van der Waals surface area contributed by atoms with Gasteiger partial charge in [0.1, 0.15) is 11.9 Å². The van der Waals surface area contributed by atoms with Gasteiger partial charge in [0.25, 0.3) is 0 Å². The van der Waals surface area contributed by atoms with E-state index in [0.717, 1.165) is 11.1 Å². The van der Waals surface area contributed by atoms with Gasteiger partial charge in [0.15, 0.2) is 0 Å². The fourth-order valence-electron chi connectivity index (χ4n) is 1.94. The van der Waals surface area contributed by atoms with Crippen molar-refractivity contribution in [1.29, 1.82) is 0 Å². The van der Waals surface area contributed by atoms with Crippen LogP contribution in [0.2, 0.25) is 0 Å². The standard InChI is InChI=1S/C16H20N2O4/c1-21-11-13-6-4-12(5-7-13)9-17-16(20)18-10-14(19)15-3-2-8-22-15/h2-8,14,19H,9-11H2,1H3,(H2,17,18,20). The summed E-state index contributed by atoms with van der Waals surface area (Å²) in [6.45, 7) is 1.07. The molecular formula is C16H20N2O4. The monoisotopic (exact) mass is 304 g/mol. The van der Waals surface area contributed by atoms with Crippen LogP contribution in [0, 0.1) is 0 Å². The zero-order chi connectivity index (χ0) is 15.8. The second-order valence-corrected chi connectivity index (χ2v) is 4.84. The average molecular weight is 304 g/mol. The Morgan fingerprint density at radius 2 is 1.95 bits per heavy atom. The summed E-state index contributed by atoms with van der Waals surface area (Å²) in [6.07, 6.45) is 0.625. The summed E-state index contributed by atoms with van der Waals surface area (Å²) in [6, 6.07) is 10.8. The van der Waals surface area contributed by atoms with Crippen LogP contribution in [0.1, 0.15) is 23.0 Å². The van der Waals surface area contributed by atoms with Crippen LogP contribution < -0.4 is 10.6 Å². The number of hydrogen-bond acceptors (Lipinski definition) is 4. The smallest absolute Gasteiger partial charge is 0.315 e. The van der Waals surface area contributed by atoms with Crippen molar-refractivity contribution in [3.05, 3.63) is 59.5 Å². The van der Waals surface area contributed by atoms with E-state index in [1.165, 1.54) is 6.26 Å². The quantitative estimate of drug-likeness (QED) is 0.730. The molecule has 6 nitrogen and oxygen atoms in total. The Morgan fingerprint density at radius 1 is 1.23 bits per heavy atom. The van der Waals surface area contributed by atoms with E-state index in [1.54, 1.807) is 19.2 Å². The van der Waals surface area contributed by atoms with Crippen molar-refractivity contribution in [2.24, 2.45) is 0 Å². The summed E-state index contributed by atoms with van der Waals surface area (Å²) < 4.78 is 10.1. The number of furan rings is 1. The highest BCUT2D eigenvalue weighted by Gasteiger charge is 2.11. The summed E-state index contributed by atoms with van der Waals surface area (Å²) in [5, 5.41) is 15.1. The number of carbonyl (C=O) groups excluding carboxylic acids is 1. The van der Waals surface area contributed by atoms with Gasteiger partial charge in [-0.15, -0.1) is 0 Å². The highest BCUT2D eigenvalue weighted by molar-refractivity contribution is 5.73. The van der Waals surface area contributed by atoms with E-state index < -0.39 is 6.10 Å². The first-order valence-electron chi connectivity index (χ1n) is 6.99. The predicted octanol–water partition coefficient (Wildman–Crippen LogP) is 1.96. The van der Waals surface area contributed by atoms with Crippen LogP contribution in [0.25, 0.3) is 0 Å². The summed E-state index contributed by atoms with van der Waals surface area (Å²) in [5.41, 5.74) is 2.07. The van der Waals surface area contributed by atoms with Gasteiger partial charge in [0.2, 0.25) is 0 Å². The summed E-state index contributed by atoms with van der Waals surface area (Å²) in [7, 11) is 1.65. The largest absolute Gasteiger partial charge is 0.467 e. The van der Waals surface area contributed by atoms with Gasteiger partial charge in [-0.05, 0) is 23.3 Å². The maximum atomic E-state index is 11.7. The number of nitrogens with one attached hydrogen (secondary N) is 2. The van der Waals surface area contributed by atoms with Crippen molar-refractivity contribution < 1.29 is 19.1 Å². The molecule has 0 fully saturated rings. The average Bonchev–Trinajstić information content (AvgIpc) is 3.07. The van der Waals surface area contributed by atoms with Crippen molar-refractivity contribution in [3.63, 3.8) is 0 Å². The fourth-order valence-corrected chi connectivity index (χ4v) is 1.94. The fraction of sp³-hybridized carbons (Fsp3) is 0.312. The lowest BCUT2D eigenvalue weighted by atomic mass is 10.1. The van der Waals surface area contributed by atoms with Crippen LogP contribution in [-0.4, -0.2) is 24.8 Å². The number of rotatable bonds is 7. The minimum atomic E-state index is -0.853. The molecule has 6 heteroatoms. The lowest BCUT2D eigenvalue weighted by Gasteiger charge is -2.11. The van der Waals surface area contributed by atoms with Gasteiger partial charge >= 0.3 is 6.03 Å². The van der Waals surface area contributed by atoms with Crippen molar-refractivity contribution in [2.75, 3.05) is 13.7 Å². The van der Waals surface area contributed by atoms with Crippen LogP contribution in [0.15, 0.2) is 47.1 Å². The molecule has 0 radical (unpaired) electrons. The molecule has 0 saturated heterocycles. The van der Waals surface area contributed by atoms with Crippen LogP contribution in [0.5, 0.6) is 0 Å². The van der Waals surface area contributed by atoms with Crippen molar-refractivity contribution in [2.45, 2.75) is 19.3 Å². The lowest BCUT2D eigenvalue weighted by Crippen LogP contribution is -2.37. The number of amides is 2. The van der Waals surface area contributed by atoms with E-state index in [-0.39, 0.29) is 12.6 Å². The van der Waals surface area contributed by atoms with Crippen LogP contribution in [0.3, 0.4) is 0 Å². The van der Waals surface area contributed by atoms with Crippen LogP contribution in [0.4, 0.5) is 4.79 Å². The lowest BCUT2D eigenvalue weighted by molar-refractivity contribution is 0.148. The second-order valence-electron chi connectivity index (χ2n) is 4.84. The van der Waals surface area contributed by atoms with Gasteiger partial charge in [0, 0.05) is 13.7 Å². The number of aliphatic hydroxyl groups excluding tert-OH is 1. The number of aliphatic hydroxyl groups is 1. The van der Waals surface area contributed by atoms with E-state index in [9.17, 15) is 9.90 Å². The van der Waals surface area contributed by atoms with Gasteiger partial charge in [-0.2, -0.15) is 0 Å². The molecule has 22 heavy (non-hydrogen) atoms.